The van der Waals surface area contributed by atoms with E-state index in [4.69, 9.17) is 5.26 Å². The van der Waals surface area contributed by atoms with E-state index in [0.29, 0.717) is 5.69 Å². The summed E-state index contributed by atoms with van der Waals surface area (Å²) in [5.74, 6) is -0.741. The van der Waals surface area contributed by atoms with Crippen LogP contribution in [0.4, 0.5) is 9.39 Å². The summed E-state index contributed by atoms with van der Waals surface area (Å²) >= 11 is 0.748. The van der Waals surface area contributed by atoms with Crippen LogP contribution in [0.25, 0.3) is 11.3 Å². The number of nitriles is 1. The number of aromatic nitrogens is 1. The van der Waals surface area contributed by atoms with Gasteiger partial charge in [-0.15, -0.1) is 11.3 Å². The molecule has 8 heteroatoms. The number of H-pyrrole nitrogens is 1. The molecule has 0 saturated heterocycles. The lowest BCUT2D eigenvalue weighted by Crippen LogP contribution is -2.11. The van der Waals surface area contributed by atoms with Crippen molar-refractivity contribution in [1.82, 2.24) is 4.98 Å². The Morgan fingerprint density at radius 2 is 1.96 bits per heavy atom. The second-order valence-corrected chi connectivity index (χ2v) is 7.35. The molecule has 23 heavy (non-hydrogen) atoms. The Bertz CT molecular complexity index is 985. The second-order valence-electron chi connectivity index (χ2n) is 4.62. The standard InChI is InChI=1S/C15H10FN3O2S2/c16-12-7-15(22-14(12)8-17)19-23(20,21)11-6-13(18-9-11)10-4-2-1-3-5-10/h1-7,9,18-19H. The van der Waals surface area contributed by atoms with Crippen LogP contribution in [-0.4, -0.2) is 13.4 Å². The number of rotatable bonds is 4. The van der Waals surface area contributed by atoms with E-state index in [1.165, 1.54) is 12.3 Å². The zero-order valence-electron chi connectivity index (χ0n) is 11.6. The van der Waals surface area contributed by atoms with Crippen LogP contribution >= 0.6 is 11.3 Å². The van der Waals surface area contributed by atoms with Crippen LogP contribution in [0, 0.1) is 17.1 Å². The van der Waals surface area contributed by atoms with Gasteiger partial charge in [0.2, 0.25) is 0 Å². The third-order valence-electron chi connectivity index (χ3n) is 3.07. The first-order valence-electron chi connectivity index (χ1n) is 6.46. The Morgan fingerprint density at radius 3 is 2.61 bits per heavy atom. The first kappa shape index (κ1) is 15.3. The Labute approximate surface area is 136 Å². The third kappa shape index (κ3) is 3.11. The normalized spacial score (nSPS) is 11.1. The van der Waals surface area contributed by atoms with E-state index in [1.54, 1.807) is 6.07 Å². The van der Waals surface area contributed by atoms with Gasteiger partial charge in [0.1, 0.15) is 20.8 Å². The minimum absolute atomic E-state index is 0.0312. The molecule has 0 amide bonds. The summed E-state index contributed by atoms with van der Waals surface area (Å²) in [5, 5.41) is 8.77. The van der Waals surface area contributed by atoms with Gasteiger partial charge in [-0.05, 0) is 11.6 Å². The average molecular weight is 347 g/mol. The van der Waals surface area contributed by atoms with Gasteiger partial charge in [-0.2, -0.15) is 5.26 Å². The summed E-state index contributed by atoms with van der Waals surface area (Å²) < 4.78 is 40.3. The van der Waals surface area contributed by atoms with Crippen molar-refractivity contribution in [2.45, 2.75) is 4.90 Å². The predicted octanol–water partition coefficient (Wildman–Crippen LogP) is 3.55. The number of halogens is 1. The summed E-state index contributed by atoms with van der Waals surface area (Å²) in [5.41, 5.74) is 1.50. The summed E-state index contributed by atoms with van der Waals surface area (Å²) in [6, 6.07) is 13.4. The largest absolute Gasteiger partial charge is 0.360 e. The monoisotopic (exact) mass is 347 g/mol. The molecule has 2 aromatic heterocycles. The third-order valence-corrected chi connectivity index (χ3v) is 5.48. The molecule has 0 atom stereocenters. The van der Waals surface area contributed by atoms with Crippen molar-refractivity contribution < 1.29 is 12.8 Å². The fourth-order valence-electron chi connectivity index (χ4n) is 2.00. The SMILES string of the molecule is N#Cc1sc(NS(=O)(=O)c2c[nH]c(-c3ccccc3)c2)cc1F. The average Bonchev–Trinajstić information content (AvgIpc) is 3.15. The van der Waals surface area contributed by atoms with Crippen LogP contribution in [0.5, 0.6) is 0 Å². The van der Waals surface area contributed by atoms with Crippen molar-refractivity contribution in [3.63, 3.8) is 0 Å². The van der Waals surface area contributed by atoms with Crippen LogP contribution in [-0.2, 0) is 10.0 Å². The Hall–Kier alpha value is -2.63. The van der Waals surface area contributed by atoms with E-state index in [0.717, 1.165) is 23.0 Å². The van der Waals surface area contributed by atoms with Gasteiger partial charge < -0.3 is 4.98 Å². The van der Waals surface area contributed by atoms with E-state index < -0.39 is 15.8 Å². The number of aromatic amines is 1. The zero-order valence-corrected chi connectivity index (χ0v) is 13.2. The van der Waals surface area contributed by atoms with Gasteiger partial charge in [-0.25, -0.2) is 12.8 Å². The molecule has 0 aliphatic rings. The lowest BCUT2D eigenvalue weighted by Gasteiger charge is -2.02. The zero-order chi connectivity index (χ0) is 16.4. The van der Waals surface area contributed by atoms with Gasteiger partial charge in [0.15, 0.2) is 5.82 Å². The molecule has 0 radical (unpaired) electrons. The molecule has 0 saturated carbocycles. The molecule has 2 N–H and O–H groups in total. The fraction of sp³-hybridized carbons (Fsp3) is 0. The molecule has 1 aromatic carbocycles. The van der Waals surface area contributed by atoms with Crippen LogP contribution in [0.15, 0.2) is 53.6 Å². The molecule has 0 bridgehead atoms. The summed E-state index contributed by atoms with van der Waals surface area (Å²) in [6.07, 6.45) is 1.36. The van der Waals surface area contributed by atoms with Gasteiger partial charge in [0.25, 0.3) is 10.0 Å². The first-order valence-corrected chi connectivity index (χ1v) is 8.75. The van der Waals surface area contributed by atoms with Crippen LogP contribution in [0.3, 0.4) is 0 Å². The van der Waals surface area contributed by atoms with Gasteiger partial charge in [0, 0.05) is 18.0 Å². The fourth-order valence-corrected chi connectivity index (χ4v) is 4.01. The highest BCUT2D eigenvalue weighted by molar-refractivity contribution is 7.93. The molecule has 116 valence electrons. The lowest BCUT2D eigenvalue weighted by atomic mass is 10.2. The predicted molar refractivity (Wildman–Crippen MR) is 86.0 cm³/mol. The van der Waals surface area contributed by atoms with Gasteiger partial charge >= 0.3 is 0 Å². The number of thiophene rings is 1. The molecule has 0 aliphatic heterocycles. The minimum atomic E-state index is -3.86. The molecule has 0 spiro atoms. The number of anilines is 1. The van der Waals surface area contributed by atoms with Gasteiger partial charge in [-0.1, -0.05) is 30.3 Å². The smallest absolute Gasteiger partial charge is 0.264 e. The molecule has 0 unspecified atom stereocenters. The van der Waals surface area contributed by atoms with Crippen molar-refractivity contribution >= 4 is 26.4 Å². The topological polar surface area (TPSA) is 85.8 Å². The Kier molecular flexibility index (Phi) is 3.90. The lowest BCUT2D eigenvalue weighted by molar-refractivity contribution is 0.601. The molecule has 3 aromatic rings. The highest BCUT2D eigenvalue weighted by atomic mass is 32.2. The highest BCUT2D eigenvalue weighted by Gasteiger charge is 2.19. The van der Waals surface area contributed by atoms with Gasteiger partial charge in [-0.3, -0.25) is 4.72 Å². The second kappa shape index (κ2) is 5.87. The van der Waals surface area contributed by atoms with E-state index in [2.05, 4.69) is 9.71 Å². The van der Waals surface area contributed by atoms with Crippen LogP contribution in [0.2, 0.25) is 0 Å². The first-order chi connectivity index (χ1) is 11.0. The molecule has 2 heterocycles. The number of sulfonamides is 1. The molecule has 0 aliphatic carbocycles. The van der Waals surface area contributed by atoms with Crippen LogP contribution in [0.1, 0.15) is 4.88 Å². The van der Waals surface area contributed by atoms with Crippen molar-refractivity contribution in [2.24, 2.45) is 0 Å². The van der Waals surface area contributed by atoms with E-state index in [1.807, 2.05) is 30.3 Å². The van der Waals surface area contributed by atoms with Crippen LogP contribution < -0.4 is 4.72 Å². The Morgan fingerprint density at radius 1 is 1.22 bits per heavy atom. The van der Waals surface area contributed by atoms with Crippen molar-refractivity contribution in [2.75, 3.05) is 4.72 Å². The number of nitrogens with zero attached hydrogens (tertiary/aromatic N) is 1. The van der Waals surface area contributed by atoms with Crippen molar-refractivity contribution in [1.29, 1.82) is 5.26 Å². The number of nitrogens with one attached hydrogen (secondary N) is 2. The maximum atomic E-state index is 13.4. The quantitative estimate of drug-likeness (QED) is 0.757. The van der Waals surface area contributed by atoms with E-state index in [9.17, 15) is 12.8 Å². The number of hydrogen-bond donors (Lipinski definition) is 2. The highest BCUT2D eigenvalue weighted by Crippen LogP contribution is 2.28. The molecule has 0 fully saturated rings. The summed E-state index contributed by atoms with van der Waals surface area (Å²) in [4.78, 5) is 2.77. The summed E-state index contributed by atoms with van der Waals surface area (Å²) in [7, 11) is -3.86. The van der Waals surface area contributed by atoms with E-state index >= 15 is 0 Å². The van der Waals surface area contributed by atoms with E-state index in [-0.39, 0.29) is 14.8 Å². The molecular weight excluding hydrogens is 337 g/mol. The van der Waals surface area contributed by atoms with Crippen molar-refractivity contribution in [3.8, 4) is 17.3 Å². The number of hydrogen-bond acceptors (Lipinski definition) is 4. The maximum Gasteiger partial charge on any atom is 0.264 e. The maximum absolute atomic E-state index is 13.4. The molecule has 3 rings (SSSR count). The van der Waals surface area contributed by atoms with Crippen molar-refractivity contribution in [3.05, 3.63) is 59.4 Å². The minimum Gasteiger partial charge on any atom is -0.360 e. The van der Waals surface area contributed by atoms with Gasteiger partial charge in [0.05, 0.1) is 0 Å². The summed E-state index contributed by atoms with van der Waals surface area (Å²) in [6.45, 7) is 0. The Balaban J connectivity index is 1.88. The molecule has 5 nitrogen and oxygen atoms in total. The number of benzene rings is 1. The molecular formula is C15H10FN3O2S2.